The van der Waals surface area contributed by atoms with Gasteiger partial charge in [0.25, 0.3) is 16.0 Å². The van der Waals surface area contributed by atoms with Gasteiger partial charge in [0.2, 0.25) is 5.91 Å². The smallest absolute Gasteiger partial charge is 0.438 e. The van der Waals surface area contributed by atoms with Gasteiger partial charge in [-0.15, -0.1) is 0 Å². The first-order chi connectivity index (χ1) is 16.9. The Morgan fingerprint density at radius 3 is 2.22 bits per heavy atom. The summed E-state index contributed by atoms with van der Waals surface area (Å²) in [4.78, 5) is 39.7. The van der Waals surface area contributed by atoms with Crippen LogP contribution in [0.25, 0.3) is 0 Å². The summed E-state index contributed by atoms with van der Waals surface area (Å²) >= 11 is 0. The van der Waals surface area contributed by atoms with Crippen LogP contribution in [0.5, 0.6) is 0 Å². The Labute approximate surface area is 206 Å². The van der Waals surface area contributed by atoms with Crippen molar-refractivity contribution in [2.24, 2.45) is 23.2 Å². The van der Waals surface area contributed by atoms with E-state index in [4.69, 9.17) is 4.55 Å². The molecule has 0 spiro atoms. The minimum Gasteiger partial charge on any atom is -0.438 e. The van der Waals surface area contributed by atoms with Gasteiger partial charge in [0, 0.05) is 18.0 Å². The van der Waals surface area contributed by atoms with Crippen molar-refractivity contribution in [3.63, 3.8) is 0 Å². The molecular formula is C22H21F6NO7S. The molecule has 1 heterocycles. The first-order valence-electron chi connectivity index (χ1n) is 11.1. The highest BCUT2D eigenvalue weighted by Crippen LogP contribution is 2.65. The van der Waals surface area contributed by atoms with Crippen molar-refractivity contribution < 1.29 is 58.4 Å². The summed E-state index contributed by atoms with van der Waals surface area (Å²) in [5.74, 6) is -7.90. The summed E-state index contributed by atoms with van der Waals surface area (Å²) in [5, 5.41) is 0. The van der Waals surface area contributed by atoms with E-state index in [0.717, 1.165) is 4.90 Å². The molecule has 4 rings (SSSR count). The number of hydrogen-bond acceptors (Lipinski definition) is 6. The molecule has 2 aliphatic carbocycles. The largest absolute Gasteiger partial charge is 0.438 e. The normalized spacial score (nSPS) is 27.9. The number of halogens is 6. The molecule has 0 aromatic heterocycles. The number of rotatable bonds is 6. The van der Waals surface area contributed by atoms with Crippen molar-refractivity contribution in [1.29, 1.82) is 0 Å². The van der Waals surface area contributed by atoms with Crippen LogP contribution in [0, 0.1) is 23.2 Å². The third kappa shape index (κ3) is 4.60. The van der Waals surface area contributed by atoms with Crippen LogP contribution >= 0.6 is 0 Å². The van der Waals surface area contributed by atoms with E-state index in [1.165, 1.54) is 12.1 Å². The van der Waals surface area contributed by atoms with E-state index < -0.39 is 75.3 Å². The zero-order chi connectivity index (χ0) is 27.6. The second-order valence-electron chi connectivity index (χ2n) is 9.83. The maximum absolute atomic E-state index is 13.6. The number of hydrogen-bond donors (Lipinski definition) is 1. The van der Waals surface area contributed by atoms with E-state index in [1.807, 2.05) is 0 Å². The number of nitrogens with zero attached hydrogens (tertiary/aromatic N) is 1. The monoisotopic (exact) mass is 557 g/mol. The van der Waals surface area contributed by atoms with E-state index >= 15 is 0 Å². The van der Waals surface area contributed by atoms with Gasteiger partial charge in [-0.1, -0.05) is 18.2 Å². The molecule has 4 unspecified atom stereocenters. The lowest BCUT2D eigenvalue weighted by atomic mass is 9.69. The summed E-state index contributed by atoms with van der Waals surface area (Å²) in [6.07, 6.45) is -13.2. The molecule has 8 nitrogen and oxygen atoms in total. The fourth-order valence-electron chi connectivity index (χ4n) is 6.18. The van der Waals surface area contributed by atoms with Crippen LogP contribution in [0.2, 0.25) is 0 Å². The number of amides is 2. The molecule has 204 valence electrons. The molecule has 3 fully saturated rings. The molecule has 4 atom stereocenters. The van der Waals surface area contributed by atoms with Gasteiger partial charge in [0.05, 0.1) is 6.42 Å². The lowest BCUT2D eigenvalue weighted by Crippen LogP contribution is -2.63. The van der Waals surface area contributed by atoms with E-state index in [9.17, 15) is 49.1 Å². The van der Waals surface area contributed by atoms with Crippen LogP contribution in [0.15, 0.2) is 30.3 Å². The molecular weight excluding hydrogens is 536 g/mol. The molecule has 2 bridgehead atoms. The van der Waals surface area contributed by atoms with Crippen LogP contribution in [0.1, 0.15) is 36.0 Å². The third-order valence-electron chi connectivity index (χ3n) is 7.65. The molecule has 1 aromatic rings. The Balaban J connectivity index is 1.61. The minimum absolute atomic E-state index is 0.00348. The highest BCUT2D eigenvalue weighted by Gasteiger charge is 2.76. The second kappa shape index (κ2) is 8.68. The molecule has 37 heavy (non-hydrogen) atoms. The van der Waals surface area contributed by atoms with E-state index in [-0.39, 0.29) is 30.9 Å². The number of likely N-dealkylation sites (tertiary alicyclic amines) is 1. The van der Waals surface area contributed by atoms with Gasteiger partial charge in [0.15, 0.2) is 0 Å². The second-order valence-corrected chi connectivity index (χ2v) is 11.3. The number of carbonyl (C=O) groups is 3. The number of fused-ring (bicyclic) bond motifs is 5. The minimum atomic E-state index is -6.44. The van der Waals surface area contributed by atoms with Crippen LogP contribution < -0.4 is 0 Å². The van der Waals surface area contributed by atoms with Crippen molar-refractivity contribution in [1.82, 2.24) is 4.90 Å². The maximum atomic E-state index is 13.6. The van der Waals surface area contributed by atoms with Gasteiger partial charge in [-0.2, -0.15) is 34.8 Å². The van der Waals surface area contributed by atoms with Crippen LogP contribution in [0.4, 0.5) is 26.3 Å². The van der Waals surface area contributed by atoms with E-state index in [2.05, 4.69) is 4.74 Å². The highest BCUT2D eigenvalue weighted by atomic mass is 32.2. The number of benzene rings is 1. The third-order valence-corrected chi connectivity index (χ3v) is 8.42. The molecule has 1 saturated heterocycles. The first kappa shape index (κ1) is 27.4. The summed E-state index contributed by atoms with van der Waals surface area (Å²) in [6.45, 7) is -0.00348. The quantitative estimate of drug-likeness (QED) is 0.247. The predicted octanol–water partition coefficient (Wildman–Crippen LogP) is 3.39. The number of imide groups is 1. The predicted molar refractivity (Wildman–Crippen MR) is 111 cm³/mol. The Hall–Kier alpha value is -2.68. The SMILES string of the molecule is O=C(CC12CCC(C1)C1CN(C(=O)c3ccccc3)C(=O)C12)OC(CS(=O)(=O)O)(C(F)(F)F)C(F)(F)F. The van der Waals surface area contributed by atoms with Crippen molar-refractivity contribution in [3.05, 3.63) is 35.9 Å². The summed E-state index contributed by atoms with van der Waals surface area (Å²) < 4.78 is 116. The Morgan fingerprint density at radius 1 is 1.08 bits per heavy atom. The van der Waals surface area contributed by atoms with Crippen molar-refractivity contribution >= 4 is 27.9 Å². The molecule has 1 aliphatic heterocycles. The molecule has 2 amide bonds. The van der Waals surface area contributed by atoms with Gasteiger partial charge in [-0.05, 0) is 48.6 Å². The number of esters is 1. The van der Waals surface area contributed by atoms with Crippen molar-refractivity contribution in [2.75, 3.05) is 12.3 Å². The standard InChI is InChI=1S/C22H21F6NO7S/c23-21(24,25)20(22(26,27)28,11-37(33,34)35)36-15(30)9-19-7-6-13(8-19)14-10-29(18(32)16(14)19)17(31)12-4-2-1-3-5-12/h1-5,13-14,16H,6-11H2,(H,33,34,35). The zero-order valence-electron chi connectivity index (χ0n) is 18.9. The van der Waals surface area contributed by atoms with Gasteiger partial charge in [-0.25, -0.2) is 0 Å². The summed E-state index contributed by atoms with van der Waals surface area (Å²) in [5.41, 5.74) is -6.65. The number of ether oxygens (including phenoxy) is 1. The van der Waals surface area contributed by atoms with E-state index in [1.54, 1.807) is 18.2 Å². The molecule has 15 heteroatoms. The molecule has 1 aromatic carbocycles. The van der Waals surface area contributed by atoms with Crippen molar-refractivity contribution in [2.45, 2.75) is 43.6 Å². The lowest BCUT2D eigenvalue weighted by Gasteiger charge is -2.38. The first-order valence-corrected chi connectivity index (χ1v) is 12.7. The molecule has 2 saturated carbocycles. The number of alkyl halides is 6. The number of carbonyl (C=O) groups excluding carboxylic acids is 3. The van der Waals surface area contributed by atoms with Gasteiger partial charge in [0.1, 0.15) is 5.75 Å². The lowest BCUT2D eigenvalue weighted by molar-refractivity contribution is -0.361. The molecule has 0 radical (unpaired) electrons. The van der Waals surface area contributed by atoms with Crippen LogP contribution in [-0.4, -0.2) is 65.9 Å². The average Bonchev–Trinajstić information content (AvgIpc) is 3.41. The Bertz CT molecular complexity index is 1200. The maximum Gasteiger partial charge on any atom is 0.438 e. The molecule has 3 aliphatic rings. The van der Waals surface area contributed by atoms with Crippen molar-refractivity contribution in [3.8, 4) is 0 Å². The zero-order valence-corrected chi connectivity index (χ0v) is 19.7. The fourth-order valence-corrected chi connectivity index (χ4v) is 7.08. The van der Waals surface area contributed by atoms with Gasteiger partial charge < -0.3 is 4.74 Å². The summed E-state index contributed by atoms with van der Waals surface area (Å²) in [6, 6.07) is 7.77. The Kier molecular flexibility index (Phi) is 6.42. The summed E-state index contributed by atoms with van der Waals surface area (Å²) in [7, 11) is -5.92. The van der Waals surface area contributed by atoms with E-state index in [0.29, 0.717) is 6.42 Å². The average molecular weight is 557 g/mol. The fraction of sp³-hybridized carbons (Fsp3) is 0.591. The topological polar surface area (TPSA) is 118 Å². The van der Waals surface area contributed by atoms with Gasteiger partial charge >= 0.3 is 23.9 Å². The van der Waals surface area contributed by atoms with Gasteiger partial charge in [-0.3, -0.25) is 23.8 Å². The highest BCUT2D eigenvalue weighted by molar-refractivity contribution is 7.85. The molecule has 1 N–H and O–H groups in total. The van der Waals surface area contributed by atoms with Crippen LogP contribution in [0.3, 0.4) is 0 Å². The van der Waals surface area contributed by atoms with Crippen LogP contribution in [-0.2, 0) is 24.4 Å². The Morgan fingerprint density at radius 2 is 1.68 bits per heavy atom.